The normalized spacial score (nSPS) is 14.1. The van der Waals surface area contributed by atoms with E-state index in [2.05, 4.69) is 22.4 Å². The van der Waals surface area contributed by atoms with Crippen LogP contribution in [-0.4, -0.2) is 39.5 Å². The Hall–Kier alpha value is -3.06. The third-order valence-electron chi connectivity index (χ3n) is 6.16. The first-order valence-corrected chi connectivity index (χ1v) is 12.5. The van der Waals surface area contributed by atoms with Gasteiger partial charge in [0.1, 0.15) is 5.01 Å². The Morgan fingerprint density at radius 1 is 1.00 bits per heavy atom. The smallest absolute Gasteiger partial charge is 0.254 e. The van der Waals surface area contributed by atoms with Crippen molar-refractivity contribution in [2.75, 3.05) is 11.9 Å². The Labute approximate surface area is 199 Å². The van der Waals surface area contributed by atoms with Crippen molar-refractivity contribution in [1.82, 2.24) is 15.1 Å². The van der Waals surface area contributed by atoms with Crippen LogP contribution in [0.2, 0.25) is 0 Å². The summed E-state index contributed by atoms with van der Waals surface area (Å²) in [4.78, 5) is 27.9. The Kier molecular flexibility index (Phi) is 7.83. The molecule has 3 aromatic rings. The highest BCUT2D eigenvalue weighted by atomic mass is 32.1. The molecule has 4 rings (SSSR count). The lowest BCUT2D eigenvalue weighted by molar-refractivity contribution is -0.116. The summed E-state index contributed by atoms with van der Waals surface area (Å²) in [5, 5.41) is 12.4. The number of amides is 2. The fraction of sp³-hybridized carbons (Fsp3) is 0.385. The maximum Gasteiger partial charge on any atom is 0.254 e. The maximum atomic E-state index is 13.3. The van der Waals surface area contributed by atoms with Gasteiger partial charge in [-0.15, -0.1) is 10.2 Å². The van der Waals surface area contributed by atoms with Gasteiger partial charge in [-0.3, -0.25) is 9.59 Å². The fourth-order valence-electron chi connectivity index (χ4n) is 4.27. The van der Waals surface area contributed by atoms with Crippen LogP contribution in [0.15, 0.2) is 54.6 Å². The van der Waals surface area contributed by atoms with Gasteiger partial charge >= 0.3 is 0 Å². The van der Waals surface area contributed by atoms with Crippen LogP contribution in [0, 0.1) is 0 Å². The maximum absolute atomic E-state index is 13.3. The first-order chi connectivity index (χ1) is 16.1. The highest BCUT2D eigenvalue weighted by Crippen LogP contribution is 2.27. The highest BCUT2D eigenvalue weighted by molar-refractivity contribution is 7.18. The third kappa shape index (κ3) is 6.05. The van der Waals surface area contributed by atoms with Crippen LogP contribution in [0.3, 0.4) is 0 Å². The van der Waals surface area contributed by atoms with Gasteiger partial charge in [0.05, 0.1) is 0 Å². The van der Waals surface area contributed by atoms with Crippen LogP contribution in [0.25, 0.3) is 10.6 Å². The molecule has 0 atom stereocenters. The van der Waals surface area contributed by atoms with Crippen molar-refractivity contribution in [3.05, 3.63) is 65.7 Å². The molecule has 1 fully saturated rings. The number of aryl methyl sites for hydroxylation is 1. The van der Waals surface area contributed by atoms with E-state index in [-0.39, 0.29) is 24.3 Å². The van der Waals surface area contributed by atoms with Crippen molar-refractivity contribution < 1.29 is 9.59 Å². The summed E-state index contributed by atoms with van der Waals surface area (Å²) < 4.78 is 0. The van der Waals surface area contributed by atoms with Gasteiger partial charge in [-0.05, 0) is 37.0 Å². The number of carbonyl (C=O) groups excluding carboxylic acids is 2. The Bertz CT molecular complexity index is 1060. The minimum atomic E-state index is -0.152. The fourth-order valence-corrected chi connectivity index (χ4v) is 5.03. The summed E-state index contributed by atoms with van der Waals surface area (Å²) in [6.45, 7) is 2.50. The van der Waals surface area contributed by atoms with Gasteiger partial charge in [0.25, 0.3) is 5.91 Å². The van der Waals surface area contributed by atoms with Gasteiger partial charge in [-0.1, -0.05) is 80.0 Å². The largest absolute Gasteiger partial charge is 0.335 e. The van der Waals surface area contributed by atoms with Crippen LogP contribution < -0.4 is 5.32 Å². The first kappa shape index (κ1) is 23.1. The average Bonchev–Trinajstić information content (AvgIpc) is 3.33. The van der Waals surface area contributed by atoms with Crippen LogP contribution in [0.5, 0.6) is 0 Å². The molecule has 1 N–H and O–H groups in total. The van der Waals surface area contributed by atoms with Crippen molar-refractivity contribution in [3.63, 3.8) is 0 Å². The zero-order chi connectivity index (χ0) is 23.0. The highest BCUT2D eigenvalue weighted by Gasteiger charge is 2.27. The molecule has 0 aliphatic heterocycles. The molecule has 0 radical (unpaired) electrons. The van der Waals surface area contributed by atoms with Gasteiger partial charge in [0.2, 0.25) is 11.0 Å². The monoisotopic (exact) mass is 462 g/mol. The van der Waals surface area contributed by atoms with Gasteiger partial charge in [-0.2, -0.15) is 0 Å². The van der Waals surface area contributed by atoms with E-state index in [0.717, 1.165) is 42.7 Å². The predicted molar refractivity (Wildman–Crippen MR) is 132 cm³/mol. The lowest BCUT2D eigenvalue weighted by atomic mass is 9.93. The van der Waals surface area contributed by atoms with E-state index in [0.29, 0.717) is 17.2 Å². The average molecular weight is 463 g/mol. The first-order valence-electron chi connectivity index (χ1n) is 11.7. The van der Waals surface area contributed by atoms with Gasteiger partial charge in [0.15, 0.2) is 0 Å². The summed E-state index contributed by atoms with van der Waals surface area (Å²) in [7, 11) is 0. The van der Waals surface area contributed by atoms with Crippen LogP contribution in [0.4, 0.5) is 5.13 Å². The quantitative estimate of drug-likeness (QED) is 0.475. The topological polar surface area (TPSA) is 75.2 Å². The Morgan fingerprint density at radius 2 is 1.73 bits per heavy atom. The summed E-state index contributed by atoms with van der Waals surface area (Å²) in [5.41, 5.74) is 2.87. The number of nitrogens with zero attached hydrogens (tertiary/aromatic N) is 3. The Morgan fingerprint density at radius 3 is 2.42 bits per heavy atom. The van der Waals surface area contributed by atoms with E-state index in [9.17, 15) is 9.59 Å². The number of benzene rings is 2. The van der Waals surface area contributed by atoms with Crippen molar-refractivity contribution >= 4 is 28.3 Å². The molecule has 2 aromatic carbocycles. The molecule has 1 saturated carbocycles. The lowest BCUT2D eigenvalue weighted by Gasteiger charge is -2.34. The molecule has 0 bridgehead atoms. The summed E-state index contributed by atoms with van der Waals surface area (Å²) in [5.74, 6) is -0.139. The van der Waals surface area contributed by atoms with E-state index >= 15 is 0 Å². The van der Waals surface area contributed by atoms with E-state index in [1.54, 1.807) is 0 Å². The molecular formula is C26H30N4O2S. The van der Waals surface area contributed by atoms with Crippen molar-refractivity contribution in [2.45, 2.75) is 57.9 Å². The molecule has 0 saturated heterocycles. The zero-order valence-electron chi connectivity index (χ0n) is 19.0. The van der Waals surface area contributed by atoms with Crippen molar-refractivity contribution in [1.29, 1.82) is 0 Å². The van der Waals surface area contributed by atoms with Gasteiger partial charge in [-0.25, -0.2) is 0 Å². The summed E-state index contributed by atoms with van der Waals surface area (Å²) in [6, 6.07) is 17.8. The number of hydrogen-bond donors (Lipinski definition) is 1. The lowest BCUT2D eigenvalue weighted by Crippen LogP contribution is -2.43. The molecule has 1 aromatic heterocycles. The molecule has 6 nitrogen and oxygen atoms in total. The number of nitrogens with one attached hydrogen (secondary N) is 1. The van der Waals surface area contributed by atoms with Gasteiger partial charge < -0.3 is 10.2 Å². The number of rotatable bonds is 8. The molecule has 0 spiro atoms. The minimum absolute atomic E-state index is 0.0135. The second-order valence-electron chi connectivity index (χ2n) is 8.42. The molecule has 1 aliphatic rings. The van der Waals surface area contributed by atoms with E-state index in [1.165, 1.54) is 23.3 Å². The van der Waals surface area contributed by atoms with Crippen LogP contribution in [0.1, 0.15) is 61.4 Å². The molecule has 7 heteroatoms. The number of carbonyl (C=O) groups is 2. The second kappa shape index (κ2) is 11.2. The van der Waals surface area contributed by atoms with Crippen molar-refractivity contribution in [3.8, 4) is 10.6 Å². The Balaban J connectivity index is 1.40. The van der Waals surface area contributed by atoms with E-state index < -0.39 is 0 Å². The molecule has 1 aliphatic carbocycles. The minimum Gasteiger partial charge on any atom is -0.335 e. The number of hydrogen-bond acceptors (Lipinski definition) is 5. The van der Waals surface area contributed by atoms with E-state index in [1.807, 2.05) is 59.5 Å². The molecule has 172 valence electrons. The summed E-state index contributed by atoms with van der Waals surface area (Å²) >= 11 is 1.35. The summed E-state index contributed by atoms with van der Waals surface area (Å²) in [6.07, 6.45) is 6.64. The standard InChI is InChI=1S/C26H30N4O2S/c1-2-19-13-15-21(16-14-19)25(32)30(22-11-7-4-8-12-22)18-17-23(31)27-26-29-28-24(33-26)20-9-5-3-6-10-20/h3,5-6,9-10,13-16,22H,2,4,7-8,11-12,17-18H2,1H3,(H,27,29,31). The molecule has 1 heterocycles. The molecule has 33 heavy (non-hydrogen) atoms. The number of anilines is 1. The zero-order valence-corrected chi connectivity index (χ0v) is 19.8. The van der Waals surface area contributed by atoms with Crippen LogP contribution >= 0.6 is 11.3 Å². The molecular weight excluding hydrogens is 432 g/mol. The number of aromatic nitrogens is 2. The third-order valence-corrected chi connectivity index (χ3v) is 7.05. The SMILES string of the molecule is CCc1ccc(C(=O)N(CCC(=O)Nc2nnc(-c3ccccc3)s2)C2CCCCC2)cc1. The van der Waals surface area contributed by atoms with Crippen LogP contribution in [-0.2, 0) is 11.2 Å². The van der Waals surface area contributed by atoms with Gasteiger partial charge in [0, 0.05) is 30.1 Å². The van der Waals surface area contributed by atoms with E-state index in [4.69, 9.17) is 0 Å². The second-order valence-corrected chi connectivity index (χ2v) is 9.39. The molecule has 0 unspecified atom stereocenters. The predicted octanol–water partition coefficient (Wildman–Crippen LogP) is 5.57. The molecule has 2 amide bonds. The van der Waals surface area contributed by atoms with Crippen molar-refractivity contribution in [2.24, 2.45) is 0 Å².